The lowest BCUT2D eigenvalue weighted by Gasteiger charge is -2.33. The van der Waals surface area contributed by atoms with Crippen LogP contribution in [-0.2, 0) is 4.79 Å². The Bertz CT molecular complexity index is 411. The van der Waals surface area contributed by atoms with Crippen LogP contribution in [0.4, 0.5) is 0 Å². The number of aliphatic hydroxyl groups is 4. The fourth-order valence-corrected chi connectivity index (χ4v) is 1.99. The predicted molar refractivity (Wildman–Crippen MR) is 62.9 cm³/mol. The van der Waals surface area contributed by atoms with Crippen molar-refractivity contribution in [3.05, 3.63) is 23.0 Å². The van der Waals surface area contributed by atoms with Crippen molar-refractivity contribution >= 4 is 5.97 Å². The van der Waals surface area contributed by atoms with Crippen molar-refractivity contribution in [3.63, 3.8) is 0 Å². The minimum atomic E-state index is -1.55. The molecule has 0 aromatic rings. The summed E-state index contributed by atoms with van der Waals surface area (Å²) >= 11 is 0. The molecule has 0 fully saturated rings. The van der Waals surface area contributed by atoms with Crippen LogP contribution >= 0.6 is 0 Å². The van der Waals surface area contributed by atoms with Crippen molar-refractivity contribution in [1.82, 2.24) is 0 Å². The molecule has 0 aromatic heterocycles. The Kier molecular flexibility index (Phi) is 4.16. The van der Waals surface area contributed by atoms with Gasteiger partial charge in [0.1, 0.15) is 11.2 Å². The molecule has 102 valence electrons. The van der Waals surface area contributed by atoms with Gasteiger partial charge in [-0.25, -0.2) is 0 Å². The monoisotopic (exact) mass is 258 g/mol. The van der Waals surface area contributed by atoms with Gasteiger partial charge in [0.15, 0.2) is 0 Å². The summed E-state index contributed by atoms with van der Waals surface area (Å²) < 4.78 is 0. The third-order valence-electron chi connectivity index (χ3n) is 3.26. The summed E-state index contributed by atoms with van der Waals surface area (Å²) in [5.41, 5.74) is -1.20. The van der Waals surface area contributed by atoms with Crippen LogP contribution in [0.15, 0.2) is 23.0 Å². The van der Waals surface area contributed by atoms with Gasteiger partial charge in [-0.3, -0.25) is 4.79 Å². The molecular formula is C12H18O6. The number of rotatable bonds is 4. The van der Waals surface area contributed by atoms with E-state index in [0.29, 0.717) is 0 Å². The zero-order valence-corrected chi connectivity index (χ0v) is 10.3. The van der Waals surface area contributed by atoms with Gasteiger partial charge in [0.2, 0.25) is 0 Å². The van der Waals surface area contributed by atoms with Crippen molar-refractivity contribution in [3.8, 4) is 0 Å². The lowest BCUT2D eigenvalue weighted by molar-refractivity contribution is -0.149. The van der Waals surface area contributed by atoms with E-state index in [4.69, 9.17) is 10.2 Å². The lowest BCUT2D eigenvalue weighted by atomic mass is 9.74. The van der Waals surface area contributed by atoms with Crippen LogP contribution in [0.3, 0.4) is 0 Å². The number of allylic oxidation sites excluding steroid dienone is 1. The molecule has 6 nitrogen and oxygen atoms in total. The second-order valence-electron chi connectivity index (χ2n) is 4.73. The van der Waals surface area contributed by atoms with Crippen LogP contribution in [0.2, 0.25) is 0 Å². The fourth-order valence-electron chi connectivity index (χ4n) is 1.99. The van der Waals surface area contributed by atoms with Gasteiger partial charge in [0.05, 0.1) is 18.8 Å². The minimum Gasteiger partial charge on any atom is -0.508 e. The van der Waals surface area contributed by atoms with Gasteiger partial charge in [-0.05, 0) is 25.0 Å². The fraction of sp³-hybridized carbons (Fsp3) is 0.583. The highest BCUT2D eigenvalue weighted by molar-refractivity contribution is 5.79. The van der Waals surface area contributed by atoms with Crippen molar-refractivity contribution in [2.75, 3.05) is 6.61 Å². The molecule has 0 spiro atoms. The van der Waals surface area contributed by atoms with Crippen molar-refractivity contribution < 1.29 is 30.3 Å². The largest absolute Gasteiger partial charge is 0.508 e. The molecular weight excluding hydrogens is 240 g/mol. The number of carbonyl (C=O) groups is 1. The van der Waals surface area contributed by atoms with Gasteiger partial charge in [0, 0.05) is 6.42 Å². The molecule has 0 heterocycles. The van der Waals surface area contributed by atoms with Crippen LogP contribution < -0.4 is 0 Å². The van der Waals surface area contributed by atoms with Crippen LogP contribution in [0, 0.1) is 5.41 Å². The molecule has 5 N–H and O–H groups in total. The van der Waals surface area contributed by atoms with Crippen LogP contribution in [0.5, 0.6) is 0 Å². The van der Waals surface area contributed by atoms with E-state index < -0.39 is 30.2 Å². The van der Waals surface area contributed by atoms with Crippen LogP contribution in [0.1, 0.15) is 20.3 Å². The molecule has 3 unspecified atom stereocenters. The van der Waals surface area contributed by atoms with Crippen molar-refractivity contribution in [2.45, 2.75) is 32.5 Å². The summed E-state index contributed by atoms with van der Waals surface area (Å²) in [6.07, 6.45) is -1.26. The Hall–Kier alpha value is -1.37. The predicted octanol–water partition coefficient (Wildman–Crippen LogP) is -0.0465. The normalized spacial score (nSPS) is 30.1. The van der Waals surface area contributed by atoms with E-state index in [0.717, 1.165) is 0 Å². The molecule has 1 rings (SSSR count). The average Bonchev–Trinajstić information content (AvgIpc) is 2.32. The molecule has 0 saturated carbocycles. The van der Waals surface area contributed by atoms with Gasteiger partial charge in [-0.15, -0.1) is 0 Å². The highest BCUT2D eigenvalue weighted by Gasteiger charge is 2.44. The maximum absolute atomic E-state index is 11.2. The number of aliphatic hydroxyl groups excluding tert-OH is 4. The Labute approximate surface area is 105 Å². The van der Waals surface area contributed by atoms with Gasteiger partial charge >= 0.3 is 5.97 Å². The summed E-state index contributed by atoms with van der Waals surface area (Å²) in [4.78, 5) is 11.2. The molecule has 3 atom stereocenters. The quantitative estimate of drug-likeness (QED) is 0.482. The van der Waals surface area contributed by atoms with E-state index in [2.05, 4.69) is 0 Å². The number of carboxylic acid groups (broad SMARTS) is 1. The molecule has 6 heteroatoms. The molecule has 1 aliphatic carbocycles. The highest BCUT2D eigenvalue weighted by atomic mass is 16.4. The van der Waals surface area contributed by atoms with E-state index in [9.17, 15) is 20.1 Å². The van der Waals surface area contributed by atoms with Gasteiger partial charge < -0.3 is 25.5 Å². The first kappa shape index (κ1) is 14.7. The Morgan fingerprint density at radius 2 is 2.11 bits per heavy atom. The molecule has 0 bridgehead atoms. The van der Waals surface area contributed by atoms with Gasteiger partial charge in [-0.2, -0.15) is 0 Å². The summed E-state index contributed by atoms with van der Waals surface area (Å²) in [7, 11) is 0. The second kappa shape index (κ2) is 5.09. The first-order chi connectivity index (χ1) is 8.24. The maximum Gasteiger partial charge on any atom is 0.316 e. The number of hydrogen-bond donors (Lipinski definition) is 5. The van der Waals surface area contributed by atoms with E-state index in [1.807, 2.05) is 0 Å². The second-order valence-corrected chi connectivity index (χ2v) is 4.73. The smallest absolute Gasteiger partial charge is 0.316 e. The van der Waals surface area contributed by atoms with Crippen LogP contribution in [0.25, 0.3) is 0 Å². The number of hydrogen-bond acceptors (Lipinski definition) is 5. The molecule has 0 aliphatic heterocycles. The topological polar surface area (TPSA) is 118 Å². The van der Waals surface area contributed by atoms with Gasteiger partial charge in [0.25, 0.3) is 0 Å². The Morgan fingerprint density at radius 1 is 1.56 bits per heavy atom. The maximum atomic E-state index is 11.2. The first-order valence-corrected chi connectivity index (χ1v) is 5.56. The Morgan fingerprint density at radius 3 is 2.56 bits per heavy atom. The molecule has 0 radical (unpaired) electrons. The van der Waals surface area contributed by atoms with Crippen LogP contribution in [-0.4, -0.2) is 50.3 Å². The molecule has 1 aliphatic rings. The van der Waals surface area contributed by atoms with E-state index in [-0.39, 0.29) is 23.3 Å². The van der Waals surface area contributed by atoms with Crippen molar-refractivity contribution in [1.29, 1.82) is 0 Å². The molecule has 0 amide bonds. The number of aliphatic carboxylic acids is 1. The summed E-state index contributed by atoms with van der Waals surface area (Å²) in [6, 6.07) is 0. The first-order valence-electron chi connectivity index (χ1n) is 5.56. The summed E-state index contributed by atoms with van der Waals surface area (Å²) in [5.74, 6) is -1.45. The number of carboxylic acids is 1. The molecule has 0 aromatic carbocycles. The molecule has 0 saturated heterocycles. The zero-order chi connectivity index (χ0) is 14.1. The SMILES string of the molecule is CC1=C(O)C(CC(O)CO)=CC(C)(C(=O)O)C1O. The minimum absolute atomic E-state index is 0.0741. The molecule has 18 heavy (non-hydrogen) atoms. The van der Waals surface area contributed by atoms with Crippen molar-refractivity contribution in [2.24, 2.45) is 5.41 Å². The summed E-state index contributed by atoms with van der Waals surface area (Å²) in [6.45, 7) is 2.27. The third-order valence-corrected chi connectivity index (χ3v) is 3.26. The zero-order valence-electron chi connectivity index (χ0n) is 10.3. The third kappa shape index (κ3) is 2.40. The van der Waals surface area contributed by atoms with E-state index in [1.54, 1.807) is 0 Å². The summed E-state index contributed by atoms with van der Waals surface area (Å²) in [5, 5.41) is 47.0. The highest BCUT2D eigenvalue weighted by Crippen LogP contribution is 2.38. The van der Waals surface area contributed by atoms with E-state index in [1.165, 1.54) is 19.9 Å². The van der Waals surface area contributed by atoms with E-state index >= 15 is 0 Å². The average molecular weight is 258 g/mol. The lowest BCUT2D eigenvalue weighted by Crippen LogP contribution is -2.42. The van der Waals surface area contributed by atoms with Gasteiger partial charge in [-0.1, -0.05) is 6.08 Å². The Balaban J connectivity index is 3.18. The standard InChI is InChI=1S/C12H18O6/c1-6-9(15)7(3-8(14)5-13)4-12(2,10(6)16)11(17)18/h4,8,10,13-16H,3,5H2,1-2H3,(H,17,18).